The largest absolute Gasteiger partial charge is 0.351 e. The fourth-order valence-electron chi connectivity index (χ4n) is 1.25. The molecule has 2 rings (SSSR count). The van der Waals surface area contributed by atoms with Crippen LogP contribution in [-0.4, -0.2) is 11.1 Å². The minimum absolute atomic E-state index is 0.164. The molecule has 0 fully saturated rings. The summed E-state index contributed by atoms with van der Waals surface area (Å²) >= 11 is 8.15. The Morgan fingerprint density at radius 2 is 2.24 bits per heavy atom. The van der Waals surface area contributed by atoms with E-state index in [1.807, 2.05) is 6.07 Å². The van der Waals surface area contributed by atoms with E-state index >= 15 is 0 Å². The average molecular weight is 363 g/mol. The SMILES string of the molecule is Cc1cc(C(=O)Nc2ccc(I)cc2Cl)on1. The van der Waals surface area contributed by atoms with E-state index in [1.165, 1.54) is 0 Å². The second-order valence-corrected chi connectivity index (χ2v) is 5.06. The molecule has 0 saturated heterocycles. The van der Waals surface area contributed by atoms with Gasteiger partial charge in [0.2, 0.25) is 5.76 Å². The molecule has 1 heterocycles. The molecular formula is C11H8ClIN2O2. The molecule has 6 heteroatoms. The molecule has 4 nitrogen and oxygen atoms in total. The number of rotatable bonds is 2. The molecule has 1 amide bonds. The zero-order valence-electron chi connectivity index (χ0n) is 8.83. The topological polar surface area (TPSA) is 55.1 Å². The number of aromatic nitrogens is 1. The molecule has 0 unspecified atom stereocenters. The summed E-state index contributed by atoms with van der Waals surface area (Å²) in [6.07, 6.45) is 0. The first-order valence-electron chi connectivity index (χ1n) is 4.76. The van der Waals surface area contributed by atoms with Gasteiger partial charge >= 0.3 is 0 Å². The molecule has 88 valence electrons. The highest BCUT2D eigenvalue weighted by Crippen LogP contribution is 2.24. The second-order valence-electron chi connectivity index (χ2n) is 3.41. The van der Waals surface area contributed by atoms with Crippen LogP contribution in [0.4, 0.5) is 5.69 Å². The van der Waals surface area contributed by atoms with Crippen LogP contribution in [0.3, 0.4) is 0 Å². The van der Waals surface area contributed by atoms with Crippen LogP contribution in [0.2, 0.25) is 5.02 Å². The molecule has 0 radical (unpaired) electrons. The molecule has 0 aliphatic rings. The molecule has 1 aromatic carbocycles. The summed E-state index contributed by atoms with van der Waals surface area (Å²) in [7, 11) is 0. The first-order chi connectivity index (χ1) is 8.06. The van der Waals surface area contributed by atoms with Gasteiger partial charge in [0.25, 0.3) is 5.91 Å². The number of anilines is 1. The van der Waals surface area contributed by atoms with Crippen molar-refractivity contribution in [1.29, 1.82) is 0 Å². The quantitative estimate of drug-likeness (QED) is 0.832. The number of halogens is 2. The lowest BCUT2D eigenvalue weighted by Crippen LogP contribution is -2.11. The van der Waals surface area contributed by atoms with Gasteiger partial charge in [-0.1, -0.05) is 16.8 Å². The number of carbonyl (C=O) groups is 1. The molecule has 17 heavy (non-hydrogen) atoms. The number of amides is 1. The number of hydrogen-bond donors (Lipinski definition) is 1. The second kappa shape index (κ2) is 5.05. The van der Waals surface area contributed by atoms with Crippen molar-refractivity contribution in [2.75, 3.05) is 5.32 Å². The lowest BCUT2D eigenvalue weighted by molar-refractivity contribution is 0.0988. The van der Waals surface area contributed by atoms with Gasteiger partial charge in [0.1, 0.15) is 0 Å². The minimum atomic E-state index is -0.367. The van der Waals surface area contributed by atoms with Crippen LogP contribution in [0, 0.1) is 10.5 Å². The number of nitrogens with one attached hydrogen (secondary N) is 1. The number of carbonyl (C=O) groups excluding carboxylic acids is 1. The van der Waals surface area contributed by atoms with Crippen molar-refractivity contribution in [1.82, 2.24) is 5.16 Å². The van der Waals surface area contributed by atoms with E-state index in [4.69, 9.17) is 16.1 Å². The first kappa shape index (κ1) is 12.4. The lowest BCUT2D eigenvalue weighted by atomic mass is 10.3. The van der Waals surface area contributed by atoms with E-state index in [1.54, 1.807) is 25.1 Å². The Morgan fingerprint density at radius 3 is 2.82 bits per heavy atom. The van der Waals surface area contributed by atoms with Gasteiger partial charge in [-0.15, -0.1) is 0 Å². The summed E-state index contributed by atoms with van der Waals surface area (Å²) in [5.41, 5.74) is 1.20. The molecule has 0 bridgehead atoms. The first-order valence-corrected chi connectivity index (χ1v) is 6.21. The minimum Gasteiger partial charge on any atom is -0.351 e. The maximum absolute atomic E-state index is 11.8. The summed E-state index contributed by atoms with van der Waals surface area (Å²) in [5.74, 6) is -0.203. The van der Waals surface area contributed by atoms with Gasteiger partial charge in [-0.2, -0.15) is 0 Å². The predicted molar refractivity (Wildman–Crippen MR) is 73.4 cm³/mol. The van der Waals surface area contributed by atoms with Crippen LogP contribution in [0.1, 0.15) is 16.2 Å². The summed E-state index contributed by atoms with van der Waals surface area (Å²) in [4.78, 5) is 11.8. The van der Waals surface area contributed by atoms with Gasteiger partial charge in [-0.05, 0) is 47.7 Å². The molecule has 1 N–H and O–H groups in total. The van der Waals surface area contributed by atoms with E-state index in [0.717, 1.165) is 3.57 Å². The fourth-order valence-corrected chi connectivity index (χ4v) is 2.15. The summed E-state index contributed by atoms with van der Waals surface area (Å²) in [6, 6.07) is 6.93. The molecule has 0 spiro atoms. The molecule has 0 saturated carbocycles. The van der Waals surface area contributed by atoms with E-state index in [2.05, 4.69) is 33.1 Å². The van der Waals surface area contributed by atoms with Gasteiger partial charge < -0.3 is 9.84 Å². The van der Waals surface area contributed by atoms with Gasteiger partial charge in [0, 0.05) is 9.64 Å². The van der Waals surface area contributed by atoms with E-state index in [9.17, 15) is 4.79 Å². The highest BCUT2D eigenvalue weighted by molar-refractivity contribution is 14.1. The van der Waals surface area contributed by atoms with Crippen LogP contribution in [0.25, 0.3) is 0 Å². The maximum atomic E-state index is 11.8. The number of hydrogen-bond acceptors (Lipinski definition) is 3. The molecule has 1 aromatic heterocycles. The zero-order chi connectivity index (χ0) is 12.4. The predicted octanol–water partition coefficient (Wildman–Crippen LogP) is 3.49. The Balaban J connectivity index is 2.18. The third-order valence-corrected chi connectivity index (χ3v) is 3.01. The van der Waals surface area contributed by atoms with Crippen molar-refractivity contribution in [3.8, 4) is 0 Å². The van der Waals surface area contributed by atoms with Crippen LogP contribution in [0.15, 0.2) is 28.8 Å². The Hall–Kier alpha value is -1.08. The van der Waals surface area contributed by atoms with Gasteiger partial charge in [-0.25, -0.2) is 0 Å². The Labute approximate surface area is 116 Å². The molecule has 0 atom stereocenters. The van der Waals surface area contributed by atoms with E-state index in [-0.39, 0.29) is 11.7 Å². The number of aryl methyl sites for hydroxylation is 1. The third kappa shape index (κ3) is 2.98. The van der Waals surface area contributed by atoms with Crippen LogP contribution in [-0.2, 0) is 0 Å². The Bertz CT molecular complexity index is 568. The summed E-state index contributed by atoms with van der Waals surface area (Å²) in [5, 5.41) is 6.79. The summed E-state index contributed by atoms with van der Waals surface area (Å²) < 4.78 is 5.86. The number of benzene rings is 1. The molecule has 0 aliphatic heterocycles. The third-order valence-electron chi connectivity index (χ3n) is 2.03. The normalized spacial score (nSPS) is 10.3. The average Bonchev–Trinajstić information content (AvgIpc) is 2.69. The lowest BCUT2D eigenvalue weighted by Gasteiger charge is -2.05. The van der Waals surface area contributed by atoms with Gasteiger partial charge in [0.05, 0.1) is 16.4 Å². The highest BCUT2D eigenvalue weighted by Gasteiger charge is 2.13. The Morgan fingerprint density at radius 1 is 1.47 bits per heavy atom. The summed E-state index contributed by atoms with van der Waals surface area (Å²) in [6.45, 7) is 1.75. The van der Waals surface area contributed by atoms with Crippen LogP contribution >= 0.6 is 34.2 Å². The van der Waals surface area contributed by atoms with Crippen molar-refractivity contribution in [2.24, 2.45) is 0 Å². The van der Waals surface area contributed by atoms with Crippen molar-refractivity contribution in [3.05, 3.63) is 44.3 Å². The smallest absolute Gasteiger partial charge is 0.294 e. The molecule has 2 aromatic rings. The van der Waals surface area contributed by atoms with E-state index in [0.29, 0.717) is 16.4 Å². The maximum Gasteiger partial charge on any atom is 0.294 e. The Kier molecular flexibility index (Phi) is 3.68. The van der Waals surface area contributed by atoms with E-state index < -0.39 is 0 Å². The van der Waals surface area contributed by atoms with Crippen LogP contribution < -0.4 is 5.32 Å². The van der Waals surface area contributed by atoms with Crippen molar-refractivity contribution < 1.29 is 9.32 Å². The monoisotopic (exact) mass is 362 g/mol. The van der Waals surface area contributed by atoms with Crippen molar-refractivity contribution in [3.63, 3.8) is 0 Å². The van der Waals surface area contributed by atoms with Crippen molar-refractivity contribution in [2.45, 2.75) is 6.92 Å². The molecule has 0 aliphatic carbocycles. The van der Waals surface area contributed by atoms with Gasteiger partial charge in [-0.3, -0.25) is 4.79 Å². The van der Waals surface area contributed by atoms with Crippen molar-refractivity contribution >= 4 is 45.8 Å². The van der Waals surface area contributed by atoms with Crippen LogP contribution in [0.5, 0.6) is 0 Å². The number of nitrogens with zero attached hydrogens (tertiary/aromatic N) is 1. The highest BCUT2D eigenvalue weighted by atomic mass is 127. The standard InChI is InChI=1S/C11H8ClIN2O2/c1-6-4-10(17-15-6)11(16)14-9-3-2-7(13)5-8(9)12/h2-5H,1H3,(H,14,16). The van der Waals surface area contributed by atoms with Gasteiger partial charge in [0.15, 0.2) is 0 Å². The zero-order valence-corrected chi connectivity index (χ0v) is 11.7. The fraction of sp³-hybridized carbons (Fsp3) is 0.0909. The molecular weight excluding hydrogens is 354 g/mol.